The average molecular weight is 325 g/mol. The van der Waals surface area contributed by atoms with E-state index in [1.807, 2.05) is 6.07 Å². The Bertz CT molecular complexity index is 991. The van der Waals surface area contributed by atoms with Gasteiger partial charge in [-0.1, -0.05) is 60.7 Å². The van der Waals surface area contributed by atoms with Crippen molar-refractivity contribution in [2.45, 2.75) is 20.0 Å². The summed E-state index contributed by atoms with van der Waals surface area (Å²) < 4.78 is 0. The van der Waals surface area contributed by atoms with E-state index in [2.05, 4.69) is 90.5 Å². The standard InChI is InChI=1S/C22H19N3/c1-15-9-8-14-19-18-12-6-7-13-20(18)22-23-25(16(2)24(22)21(15)19)17-10-4-3-5-11-17/h3-14,16H,1-2H3. The molecule has 0 spiro atoms. The molecule has 0 amide bonds. The molecule has 1 atom stereocenters. The second-order valence-electron chi connectivity index (χ2n) is 6.62. The minimum atomic E-state index is 0.130. The van der Waals surface area contributed by atoms with Gasteiger partial charge in [0.05, 0.1) is 11.4 Å². The van der Waals surface area contributed by atoms with Crippen LogP contribution in [0.5, 0.6) is 0 Å². The summed E-state index contributed by atoms with van der Waals surface area (Å²) in [6, 6.07) is 25.5. The van der Waals surface area contributed by atoms with E-state index in [9.17, 15) is 0 Å². The monoisotopic (exact) mass is 325 g/mol. The molecule has 3 nitrogen and oxygen atoms in total. The molecule has 25 heavy (non-hydrogen) atoms. The molecular formula is C22H19N3. The zero-order chi connectivity index (χ0) is 17.0. The van der Waals surface area contributed by atoms with E-state index in [0.29, 0.717) is 0 Å². The molecule has 3 heteroatoms. The summed E-state index contributed by atoms with van der Waals surface area (Å²) in [5.41, 5.74) is 7.41. The predicted molar refractivity (Wildman–Crippen MR) is 104 cm³/mol. The summed E-state index contributed by atoms with van der Waals surface area (Å²) in [4.78, 5) is 2.38. The van der Waals surface area contributed by atoms with Crippen LogP contribution in [0.4, 0.5) is 11.4 Å². The quantitative estimate of drug-likeness (QED) is 0.626. The number of rotatable bonds is 1. The molecule has 0 aliphatic carbocycles. The number of amidine groups is 1. The van der Waals surface area contributed by atoms with Gasteiger partial charge in [-0.05, 0) is 37.1 Å². The second-order valence-corrected chi connectivity index (χ2v) is 6.62. The first-order valence-corrected chi connectivity index (χ1v) is 8.67. The fraction of sp³-hybridized carbons (Fsp3) is 0.136. The highest BCUT2D eigenvalue weighted by Gasteiger charge is 2.39. The summed E-state index contributed by atoms with van der Waals surface area (Å²) in [7, 11) is 0. The lowest BCUT2D eigenvalue weighted by molar-refractivity contribution is 0.717. The second kappa shape index (κ2) is 5.21. The number of aryl methyl sites for hydroxylation is 1. The Kier molecular flexibility index (Phi) is 2.98. The van der Waals surface area contributed by atoms with E-state index < -0.39 is 0 Å². The number of hydrogen-bond acceptors (Lipinski definition) is 3. The van der Waals surface area contributed by atoms with Gasteiger partial charge in [0.1, 0.15) is 6.17 Å². The fourth-order valence-corrected chi connectivity index (χ4v) is 3.96. The minimum Gasteiger partial charge on any atom is -0.301 e. The molecule has 2 heterocycles. The third kappa shape index (κ3) is 1.96. The van der Waals surface area contributed by atoms with Crippen LogP contribution in [0.15, 0.2) is 77.9 Å². The molecule has 2 aliphatic heterocycles. The van der Waals surface area contributed by atoms with Crippen molar-refractivity contribution in [1.82, 2.24) is 0 Å². The number of anilines is 2. The summed E-state index contributed by atoms with van der Waals surface area (Å²) in [5.74, 6) is 1.04. The number of nitrogens with zero attached hydrogens (tertiary/aromatic N) is 3. The third-order valence-corrected chi connectivity index (χ3v) is 5.12. The molecule has 0 fully saturated rings. The van der Waals surface area contributed by atoms with Crippen molar-refractivity contribution in [3.05, 3.63) is 83.9 Å². The smallest absolute Gasteiger partial charge is 0.163 e. The normalized spacial score (nSPS) is 17.7. The molecule has 122 valence electrons. The molecule has 0 saturated heterocycles. The van der Waals surface area contributed by atoms with Gasteiger partial charge >= 0.3 is 0 Å². The lowest BCUT2D eigenvalue weighted by Gasteiger charge is -2.35. The van der Waals surface area contributed by atoms with Crippen molar-refractivity contribution in [1.29, 1.82) is 0 Å². The molecule has 1 unspecified atom stereocenters. The Morgan fingerprint density at radius 3 is 2.24 bits per heavy atom. The van der Waals surface area contributed by atoms with Crippen molar-refractivity contribution in [3.63, 3.8) is 0 Å². The molecule has 0 aromatic heterocycles. The van der Waals surface area contributed by atoms with Crippen molar-refractivity contribution in [2.75, 3.05) is 9.91 Å². The third-order valence-electron chi connectivity index (χ3n) is 5.12. The lowest BCUT2D eigenvalue weighted by Crippen LogP contribution is -2.42. The van der Waals surface area contributed by atoms with Crippen LogP contribution >= 0.6 is 0 Å². The molecule has 0 saturated carbocycles. The molecule has 3 aromatic rings. The van der Waals surface area contributed by atoms with Crippen molar-refractivity contribution in [2.24, 2.45) is 5.10 Å². The van der Waals surface area contributed by atoms with E-state index in [0.717, 1.165) is 11.5 Å². The summed E-state index contributed by atoms with van der Waals surface area (Å²) >= 11 is 0. The van der Waals surface area contributed by atoms with Gasteiger partial charge in [0.25, 0.3) is 0 Å². The molecule has 0 N–H and O–H groups in total. The van der Waals surface area contributed by atoms with Gasteiger partial charge in [-0.2, -0.15) is 5.10 Å². The molecule has 5 rings (SSSR count). The van der Waals surface area contributed by atoms with Gasteiger partial charge in [-0.15, -0.1) is 0 Å². The van der Waals surface area contributed by atoms with Gasteiger partial charge in [0.15, 0.2) is 5.84 Å². The zero-order valence-electron chi connectivity index (χ0n) is 14.3. The highest BCUT2D eigenvalue weighted by Crippen LogP contribution is 2.45. The van der Waals surface area contributed by atoms with Crippen LogP contribution in [0.2, 0.25) is 0 Å². The summed E-state index contributed by atoms with van der Waals surface area (Å²) in [5, 5.41) is 7.14. The predicted octanol–water partition coefficient (Wildman–Crippen LogP) is 5.01. The Labute approximate surface area is 147 Å². The van der Waals surface area contributed by atoms with E-state index in [1.165, 1.54) is 27.9 Å². The van der Waals surface area contributed by atoms with Crippen molar-refractivity contribution in [3.8, 4) is 11.1 Å². The largest absolute Gasteiger partial charge is 0.301 e. The first-order chi connectivity index (χ1) is 12.3. The highest BCUT2D eigenvalue weighted by molar-refractivity contribution is 6.21. The topological polar surface area (TPSA) is 18.8 Å². The maximum Gasteiger partial charge on any atom is 0.163 e. The van der Waals surface area contributed by atoms with Crippen LogP contribution in [0.3, 0.4) is 0 Å². The van der Waals surface area contributed by atoms with Crippen LogP contribution in [0, 0.1) is 6.92 Å². The number of benzene rings is 3. The van der Waals surface area contributed by atoms with Crippen molar-refractivity contribution >= 4 is 17.2 Å². The van der Waals surface area contributed by atoms with Crippen LogP contribution in [-0.2, 0) is 0 Å². The van der Waals surface area contributed by atoms with Crippen LogP contribution < -0.4 is 9.91 Å². The average Bonchev–Trinajstić information content (AvgIpc) is 3.00. The number of fused-ring (bicyclic) bond motifs is 6. The number of para-hydroxylation sites is 2. The van der Waals surface area contributed by atoms with Gasteiger partial charge in [-0.3, -0.25) is 0 Å². The van der Waals surface area contributed by atoms with Crippen molar-refractivity contribution < 1.29 is 0 Å². The fourth-order valence-electron chi connectivity index (χ4n) is 3.96. The summed E-state index contributed by atoms with van der Waals surface area (Å²) in [6.45, 7) is 4.40. The highest BCUT2D eigenvalue weighted by atomic mass is 15.6. The molecule has 0 bridgehead atoms. The minimum absolute atomic E-state index is 0.130. The number of hydrazone groups is 1. The van der Waals surface area contributed by atoms with Gasteiger partial charge in [0, 0.05) is 11.1 Å². The first-order valence-electron chi connectivity index (χ1n) is 8.67. The molecule has 0 radical (unpaired) electrons. The van der Waals surface area contributed by atoms with Gasteiger partial charge < -0.3 is 4.90 Å². The Morgan fingerprint density at radius 1 is 0.760 bits per heavy atom. The van der Waals surface area contributed by atoms with Crippen LogP contribution in [0.1, 0.15) is 18.1 Å². The van der Waals surface area contributed by atoms with E-state index >= 15 is 0 Å². The Balaban J connectivity index is 1.77. The van der Waals surface area contributed by atoms with Gasteiger partial charge in [-0.25, -0.2) is 5.01 Å². The molecule has 3 aromatic carbocycles. The van der Waals surface area contributed by atoms with Gasteiger partial charge in [0.2, 0.25) is 0 Å². The first kappa shape index (κ1) is 14.3. The van der Waals surface area contributed by atoms with E-state index in [1.54, 1.807) is 0 Å². The van der Waals surface area contributed by atoms with Crippen LogP contribution in [0.25, 0.3) is 11.1 Å². The Morgan fingerprint density at radius 2 is 1.44 bits per heavy atom. The number of hydrogen-bond donors (Lipinski definition) is 0. The maximum atomic E-state index is 5.02. The molecular weight excluding hydrogens is 306 g/mol. The van der Waals surface area contributed by atoms with E-state index in [-0.39, 0.29) is 6.17 Å². The zero-order valence-corrected chi connectivity index (χ0v) is 14.3. The van der Waals surface area contributed by atoms with Crippen LogP contribution in [-0.4, -0.2) is 12.0 Å². The lowest BCUT2D eigenvalue weighted by atomic mass is 9.90. The van der Waals surface area contributed by atoms with E-state index in [4.69, 9.17) is 5.10 Å². The summed E-state index contributed by atoms with van der Waals surface area (Å²) in [6.07, 6.45) is 0.130. The maximum absolute atomic E-state index is 5.02. The Hall–Kier alpha value is -3.07. The SMILES string of the molecule is Cc1cccc2c1N1C(=NN(c3ccccc3)C1C)c1ccccc1-2. The molecule has 2 aliphatic rings.